The average Bonchev–Trinajstić information content (AvgIpc) is 3.03. The van der Waals surface area contributed by atoms with Crippen LogP contribution in [0.1, 0.15) is 59.6 Å². The van der Waals surface area contributed by atoms with Crippen molar-refractivity contribution >= 4 is 72.7 Å². The minimum atomic E-state index is -4.28. The molecule has 2 heterocycles. The predicted molar refractivity (Wildman–Crippen MR) is 213 cm³/mol. The Balaban J connectivity index is 0.00000486. The molecular formula is C37H52Cl2N4O8S2. The van der Waals surface area contributed by atoms with Gasteiger partial charge >= 0.3 is 0 Å². The second-order valence-corrected chi connectivity index (χ2v) is 18.6. The van der Waals surface area contributed by atoms with Gasteiger partial charge in [-0.25, -0.2) is 21.9 Å². The maximum absolute atomic E-state index is 14.7. The van der Waals surface area contributed by atoms with Gasteiger partial charge in [-0.1, -0.05) is 36.4 Å². The zero-order valence-electron chi connectivity index (χ0n) is 31.1. The zero-order chi connectivity index (χ0) is 37.6. The molecule has 2 aromatic carbocycles. The number of hydroxylamine groups is 2. The fourth-order valence-corrected chi connectivity index (χ4v) is 9.62. The first-order chi connectivity index (χ1) is 23.9. The Hall–Kier alpha value is -2.95. The third-order valence-corrected chi connectivity index (χ3v) is 11.7. The van der Waals surface area contributed by atoms with Crippen molar-refractivity contribution in [2.75, 3.05) is 12.4 Å². The van der Waals surface area contributed by atoms with E-state index in [9.17, 15) is 21.6 Å². The first-order valence-electron chi connectivity index (χ1n) is 16.9. The largest absolute Gasteiger partial charge is 0.377 e. The molecule has 0 spiro atoms. The second-order valence-electron chi connectivity index (χ2n) is 14.3. The second kappa shape index (κ2) is 19.6. The van der Waals surface area contributed by atoms with Crippen LogP contribution in [0.25, 0.3) is 21.8 Å². The summed E-state index contributed by atoms with van der Waals surface area (Å²) in [5, 5.41) is 0.832. The van der Waals surface area contributed by atoms with E-state index in [0.29, 0.717) is 28.6 Å². The van der Waals surface area contributed by atoms with Crippen molar-refractivity contribution in [1.82, 2.24) is 15.0 Å². The van der Waals surface area contributed by atoms with E-state index in [4.69, 9.17) is 20.0 Å². The number of benzene rings is 2. The van der Waals surface area contributed by atoms with E-state index in [1.54, 1.807) is 60.6 Å². The Kier molecular flexibility index (Phi) is 17.1. The summed E-state index contributed by atoms with van der Waals surface area (Å²) in [4.78, 5) is 27.6. The number of aromatic nitrogens is 2. The van der Waals surface area contributed by atoms with Gasteiger partial charge in [0.2, 0.25) is 6.41 Å². The Morgan fingerprint density at radius 3 is 1.79 bits per heavy atom. The Morgan fingerprint density at radius 1 is 0.811 bits per heavy atom. The number of rotatable bonds is 18. The van der Waals surface area contributed by atoms with Gasteiger partial charge in [-0.05, 0) is 83.9 Å². The lowest BCUT2D eigenvalue weighted by Crippen LogP contribution is -2.61. The number of amides is 1. The number of hydrogen-bond acceptors (Lipinski definition) is 11. The molecule has 0 fully saturated rings. The van der Waals surface area contributed by atoms with Crippen molar-refractivity contribution in [2.24, 2.45) is 5.73 Å². The van der Waals surface area contributed by atoms with Crippen molar-refractivity contribution in [3.63, 3.8) is 0 Å². The number of carbonyl (C=O) groups is 1. The van der Waals surface area contributed by atoms with E-state index in [1.165, 1.54) is 12.4 Å². The number of nitrogens with two attached hydrogens (primary N) is 1. The molecule has 12 nitrogen and oxygen atoms in total. The molecule has 0 aliphatic carbocycles. The summed E-state index contributed by atoms with van der Waals surface area (Å²) in [6.07, 6.45) is 0.982. The molecule has 0 radical (unpaired) electrons. The predicted octanol–water partition coefficient (Wildman–Crippen LogP) is 5.63. The van der Waals surface area contributed by atoms with Gasteiger partial charge in [0.1, 0.15) is 17.4 Å². The molecule has 4 rings (SSSR count). The number of carbonyl (C=O) groups excluding carboxylic acids is 1. The van der Waals surface area contributed by atoms with Gasteiger partial charge in [0.05, 0.1) is 52.7 Å². The van der Waals surface area contributed by atoms with E-state index < -0.39 is 72.1 Å². The highest BCUT2D eigenvalue weighted by Crippen LogP contribution is 2.29. The molecule has 2 aromatic heterocycles. The summed E-state index contributed by atoms with van der Waals surface area (Å²) in [5.41, 5.74) is 7.99. The van der Waals surface area contributed by atoms with E-state index >= 15 is 0 Å². The van der Waals surface area contributed by atoms with Crippen molar-refractivity contribution < 1.29 is 35.9 Å². The molecule has 1 amide bonds. The fourth-order valence-electron chi connectivity index (χ4n) is 5.90. The topological polar surface area (TPSA) is 168 Å². The molecule has 0 saturated carbocycles. The lowest BCUT2D eigenvalue weighted by atomic mass is 10.0. The minimum Gasteiger partial charge on any atom is -0.377 e. The van der Waals surface area contributed by atoms with Gasteiger partial charge in [-0.2, -0.15) is 0 Å². The monoisotopic (exact) mass is 814 g/mol. The number of sulfone groups is 2. The normalized spacial score (nSPS) is 14.7. The maximum Gasteiger partial charge on any atom is 0.233 e. The Labute approximate surface area is 325 Å². The van der Waals surface area contributed by atoms with Crippen LogP contribution < -0.4 is 5.73 Å². The highest BCUT2D eigenvalue weighted by atomic mass is 35.5. The highest BCUT2D eigenvalue weighted by molar-refractivity contribution is 7.91. The number of halogens is 2. The van der Waals surface area contributed by atoms with Gasteiger partial charge in [0, 0.05) is 29.2 Å². The van der Waals surface area contributed by atoms with Crippen molar-refractivity contribution in [2.45, 2.75) is 101 Å². The molecule has 4 atom stereocenters. The summed E-state index contributed by atoms with van der Waals surface area (Å²) in [7, 11) is -8.36. The lowest BCUT2D eigenvalue weighted by Gasteiger charge is -2.41. The van der Waals surface area contributed by atoms with Crippen LogP contribution in [0.15, 0.2) is 73.1 Å². The van der Waals surface area contributed by atoms with Gasteiger partial charge in [-0.3, -0.25) is 19.6 Å². The van der Waals surface area contributed by atoms with E-state index in [2.05, 4.69) is 9.97 Å². The lowest BCUT2D eigenvalue weighted by molar-refractivity contribution is -0.244. The highest BCUT2D eigenvalue weighted by Gasteiger charge is 2.47. The van der Waals surface area contributed by atoms with Crippen LogP contribution in [0, 0.1) is 0 Å². The molecule has 16 heteroatoms. The van der Waals surface area contributed by atoms with Crippen molar-refractivity contribution in [3.05, 3.63) is 84.2 Å². The summed E-state index contributed by atoms with van der Waals surface area (Å²) in [6.45, 7) is 11.9. The van der Waals surface area contributed by atoms with Gasteiger partial charge in [0.15, 0.2) is 19.7 Å². The Bertz CT molecular complexity index is 2010. The van der Waals surface area contributed by atoms with Gasteiger partial charge in [0.25, 0.3) is 0 Å². The molecule has 0 saturated heterocycles. The summed E-state index contributed by atoms with van der Waals surface area (Å²) < 4.78 is 69.7. The zero-order valence-corrected chi connectivity index (χ0v) is 34.4. The molecule has 0 aliphatic rings. The van der Waals surface area contributed by atoms with E-state index in [1.807, 2.05) is 48.5 Å². The van der Waals surface area contributed by atoms with Crippen LogP contribution in [-0.2, 0) is 50.3 Å². The van der Waals surface area contributed by atoms with Crippen LogP contribution in [0.3, 0.4) is 0 Å². The first kappa shape index (κ1) is 46.2. The number of pyridine rings is 2. The third kappa shape index (κ3) is 13.4. The number of hydrogen-bond donors (Lipinski definition) is 1. The maximum atomic E-state index is 14.7. The third-order valence-electron chi connectivity index (χ3n) is 7.87. The SMILES string of the molecule is CC(C)OC[C@H](N)C(C(OC(C)C)C(CS(=O)(=O)Cc1cnc2ccccc2c1)N(C=O)OC(C)(C)C)S(=O)(=O)Cc1cnc2ccccc2c1.Cl.Cl. The van der Waals surface area contributed by atoms with Gasteiger partial charge in [-0.15, -0.1) is 24.8 Å². The molecule has 0 aliphatic heterocycles. The number of fused-ring (bicyclic) bond motifs is 2. The number of para-hydroxylation sites is 2. The van der Waals surface area contributed by atoms with Crippen LogP contribution >= 0.6 is 24.8 Å². The first-order valence-corrected chi connectivity index (χ1v) is 20.5. The standard InChI is InChI=1S/C37H50N4O8S2.2ClH/c1-25(2)47-20-31(38)36(51(45,46)22-28-17-30-13-9-11-15-33(30)40-19-28)35(48-26(3)4)34(41(24-42)49-37(5,6)7)23-50(43,44)21-27-16-29-12-8-10-14-32(29)39-18-27;;/h8-19,24-26,31,34-36H,20-23,38H2,1-7H3;2*1H/t31-,34?,35?,36?;;/m0../s1. The fraction of sp³-hybridized carbons (Fsp3) is 0.486. The summed E-state index contributed by atoms with van der Waals surface area (Å²) in [5.74, 6) is -1.61. The molecular weight excluding hydrogens is 763 g/mol. The summed E-state index contributed by atoms with van der Waals surface area (Å²) in [6, 6.07) is 15.5. The molecule has 294 valence electrons. The van der Waals surface area contributed by atoms with E-state index in [0.717, 1.165) is 15.8 Å². The van der Waals surface area contributed by atoms with Crippen LogP contribution in [0.2, 0.25) is 0 Å². The molecule has 4 aromatic rings. The van der Waals surface area contributed by atoms with Gasteiger partial charge < -0.3 is 15.2 Å². The molecule has 2 N–H and O–H groups in total. The average molecular weight is 816 g/mol. The van der Waals surface area contributed by atoms with Crippen molar-refractivity contribution in [1.29, 1.82) is 0 Å². The molecule has 53 heavy (non-hydrogen) atoms. The number of nitrogens with zero attached hydrogens (tertiary/aromatic N) is 3. The van der Waals surface area contributed by atoms with Crippen LogP contribution in [-0.4, -0.2) is 91.9 Å². The van der Waals surface area contributed by atoms with Crippen LogP contribution in [0.5, 0.6) is 0 Å². The van der Waals surface area contributed by atoms with Crippen molar-refractivity contribution in [3.8, 4) is 0 Å². The molecule has 0 bridgehead atoms. The van der Waals surface area contributed by atoms with E-state index in [-0.39, 0.29) is 37.5 Å². The minimum absolute atomic E-state index is 0. The summed E-state index contributed by atoms with van der Waals surface area (Å²) >= 11 is 0. The Morgan fingerprint density at radius 2 is 1.32 bits per heavy atom. The van der Waals surface area contributed by atoms with Crippen LogP contribution in [0.4, 0.5) is 0 Å². The molecule has 3 unspecified atom stereocenters. The quantitative estimate of drug-likeness (QED) is 0.0977. The number of ether oxygens (including phenoxy) is 2. The smallest absolute Gasteiger partial charge is 0.233 e.